The lowest BCUT2D eigenvalue weighted by atomic mass is 10.00. The van der Waals surface area contributed by atoms with E-state index < -0.39 is 6.10 Å². The lowest BCUT2D eigenvalue weighted by Gasteiger charge is -2.30. The molecule has 1 atom stereocenters. The first-order valence-corrected chi connectivity index (χ1v) is 13.4. The number of carbonyl (C=O) groups is 2. The number of ether oxygens (including phenoxy) is 1. The number of rotatable bonds is 12. The monoisotopic (exact) mass is 524 g/mol. The Kier molecular flexibility index (Phi) is 9.91. The molecule has 0 aliphatic carbocycles. The molecule has 4 rings (SSSR count). The van der Waals surface area contributed by atoms with Crippen molar-refractivity contribution in [2.75, 3.05) is 70.2 Å². The molecule has 0 saturated carbocycles. The number of nitrogens with zero attached hydrogens (tertiary/aromatic N) is 4. The molecule has 206 valence electrons. The average molecular weight is 525 g/mol. The van der Waals surface area contributed by atoms with E-state index >= 15 is 0 Å². The molecule has 0 spiro atoms. The van der Waals surface area contributed by atoms with Crippen LogP contribution in [0.2, 0.25) is 0 Å². The van der Waals surface area contributed by atoms with Gasteiger partial charge in [-0.25, -0.2) is 4.98 Å². The van der Waals surface area contributed by atoms with Crippen LogP contribution in [0.25, 0.3) is 0 Å². The number of methoxy groups -OCH3 is 1. The van der Waals surface area contributed by atoms with Crippen LogP contribution in [-0.4, -0.2) is 104 Å². The average Bonchev–Trinajstić information content (AvgIpc) is 2.94. The molecule has 3 heterocycles. The van der Waals surface area contributed by atoms with Crippen molar-refractivity contribution >= 4 is 24.0 Å². The summed E-state index contributed by atoms with van der Waals surface area (Å²) in [7, 11) is 3.56. The number of likely N-dealkylation sites (N-methyl/N-ethyl adjacent to an activating group) is 1. The van der Waals surface area contributed by atoms with Gasteiger partial charge in [0.1, 0.15) is 11.6 Å². The van der Waals surface area contributed by atoms with Crippen LogP contribution < -0.4 is 15.5 Å². The molecule has 1 unspecified atom stereocenters. The number of aliphatic hydroxyl groups is 1. The van der Waals surface area contributed by atoms with Gasteiger partial charge >= 0.3 is 0 Å². The van der Waals surface area contributed by atoms with Crippen LogP contribution in [0.4, 0.5) is 11.6 Å². The van der Waals surface area contributed by atoms with Crippen molar-refractivity contribution in [3.05, 3.63) is 53.1 Å². The highest BCUT2D eigenvalue weighted by Gasteiger charge is 2.21. The van der Waals surface area contributed by atoms with E-state index in [-0.39, 0.29) is 18.5 Å². The van der Waals surface area contributed by atoms with Crippen LogP contribution in [-0.2, 0) is 22.5 Å². The van der Waals surface area contributed by atoms with Gasteiger partial charge in [-0.2, -0.15) is 0 Å². The minimum atomic E-state index is -0.671. The Balaban J connectivity index is 1.37. The van der Waals surface area contributed by atoms with Crippen LogP contribution in [0.5, 0.6) is 0 Å². The highest BCUT2D eigenvalue weighted by Crippen LogP contribution is 2.21. The molecule has 0 bridgehead atoms. The second-order valence-electron chi connectivity index (χ2n) is 10.2. The first-order valence-electron chi connectivity index (χ1n) is 13.4. The maximum atomic E-state index is 13.1. The maximum absolute atomic E-state index is 13.1. The predicted octanol–water partition coefficient (Wildman–Crippen LogP) is 1.35. The summed E-state index contributed by atoms with van der Waals surface area (Å²) < 4.78 is 5.20. The molecule has 2 aromatic rings. The number of amides is 2. The van der Waals surface area contributed by atoms with E-state index in [1.807, 2.05) is 18.0 Å². The van der Waals surface area contributed by atoms with Crippen molar-refractivity contribution in [3.63, 3.8) is 0 Å². The molecule has 1 aromatic carbocycles. The molecule has 10 heteroatoms. The molecule has 2 aliphatic rings. The van der Waals surface area contributed by atoms with Crippen molar-refractivity contribution in [1.82, 2.24) is 20.1 Å². The second kappa shape index (κ2) is 13.5. The molecule has 10 nitrogen and oxygen atoms in total. The van der Waals surface area contributed by atoms with Crippen molar-refractivity contribution in [2.45, 2.75) is 38.0 Å². The molecule has 1 aromatic heterocycles. The SMILES string of the molecule is COCCN(C)c1cc(C(=O)NCC(O)CN2CCc3ccccc3C2)cc(NC2CCN(C=O)CC2)n1. The van der Waals surface area contributed by atoms with E-state index in [1.165, 1.54) is 11.1 Å². The number of benzene rings is 1. The minimum absolute atomic E-state index is 0.168. The van der Waals surface area contributed by atoms with Crippen LogP contribution in [0, 0.1) is 0 Å². The van der Waals surface area contributed by atoms with Crippen molar-refractivity contribution in [2.24, 2.45) is 0 Å². The minimum Gasteiger partial charge on any atom is -0.390 e. The fraction of sp³-hybridized carbons (Fsp3) is 0.536. The number of fused-ring (bicyclic) bond motifs is 1. The summed E-state index contributed by atoms with van der Waals surface area (Å²) in [5.74, 6) is 1.03. The van der Waals surface area contributed by atoms with E-state index in [2.05, 4.69) is 33.7 Å². The summed E-state index contributed by atoms with van der Waals surface area (Å²) in [5.41, 5.74) is 3.15. The number of carbonyl (C=O) groups excluding carboxylic acids is 2. The number of anilines is 2. The van der Waals surface area contributed by atoms with Gasteiger partial charge < -0.3 is 30.3 Å². The first kappa shape index (κ1) is 27.8. The second-order valence-corrected chi connectivity index (χ2v) is 10.2. The van der Waals surface area contributed by atoms with Gasteiger partial charge in [0.2, 0.25) is 6.41 Å². The number of hydrogen-bond acceptors (Lipinski definition) is 8. The van der Waals surface area contributed by atoms with Gasteiger partial charge in [-0.1, -0.05) is 24.3 Å². The standard InChI is InChI=1S/C28H40N6O4/c1-32(13-14-38-2)27-16-23(15-26(31-27)30-24-8-11-33(20-35)12-9-24)28(37)29-17-25(36)19-34-10-7-21-5-3-4-6-22(21)18-34/h3-6,15-16,20,24-25,36H,7-14,17-19H2,1-2H3,(H,29,37)(H,30,31). The largest absolute Gasteiger partial charge is 0.390 e. The summed E-state index contributed by atoms with van der Waals surface area (Å²) >= 11 is 0. The lowest BCUT2D eigenvalue weighted by molar-refractivity contribution is -0.118. The Morgan fingerprint density at radius 2 is 2.00 bits per heavy atom. The van der Waals surface area contributed by atoms with E-state index in [0.29, 0.717) is 50.0 Å². The zero-order valence-corrected chi connectivity index (χ0v) is 22.4. The van der Waals surface area contributed by atoms with Gasteiger partial charge in [0.15, 0.2) is 0 Å². The zero-order valence-electron chi connectivity index (χ0n) is 22.4. The van der Waals surface area contributed by atoms with Gasteiger partial charge in [-0.3, -0.25) is 14.5 Å². The number of likely N-dealkylation sites (tertiary alicyclic amines) is 1. The molecular formula is C28H40N6O4. The summed E-state index contributed by atoms with van der Waals surface area (Å²) in [6.45, 7) is 4.93. The highest BCUT2D eigenvalue weighted by molar-refractivity contribution is 5.95. The fourth-order valence-electron chi connectivity index (χ4n) is 5.00. The number of β-amino-alcohol motifs (C(OH)–C–C–N with tert-alkyl or cyclic N) is 1. The summed E-state index contributed by atoms with van der Waals surface area (Å²) in [4.78, 5) is 34.9. The number of aliphatic hydroxyl groups excluding tert-OH is 1. The zero-order chi connectivity index (χ0) is 26.9. The Labute approximate surface area is 225 Å². The van der Waals surface area contributed by atoms with Crippen molar-refractivity contribution < 1.29 is 19.4 Å². The highest BCUT2D eigenvalue weighted by atomic mass is 16.5. The molecule has 2 aliphatic heterocycles. The molecule has 1 saturated heterocycles. The summed E-state index contributed by atoms with van der Waals surface area (Å²) in [6.07, 6.45) is 2.82. The van der Waals surface area contributed by atoms with Crippen molar-refractivity contribution in [3.8, 4) is 0 Å². The Morgan fingerprint density at radius 1 is 1.24 bits per heavy atom. The Bertz CT molecular complexity index is 1080. The van der Waals surface area contributed by atoms with Crippen LogP contribution in [0.15, 0.2) is 36.4 Å². The number of piperidine rings is 1. The van der Waals surface area contributed by atoms with E-state index in [0.717, 1.165) is 38.8 Å². The molecular weight excluding hydrogens is 484 g/mol. The van der Waals surface area contributed by atoms with Gasteiger partial charge in [-0.05, 0) is 42.5 Å². The Hall–Kier alpha value is -3.21. The van der Waals surface area contributed by atoms with Gasteiger partial charge in [-0.15, -0.1) is 0 Å². The molecule has 1 fully saturated rings. The number of hydrogen-bond donors (Lipinski definition) is 3. The van der Waals surface area contributed by atoms with E-state index in [9.17, 15) is 14.7 Å². The van der Waals surface area contributed by atoms with Crippen LogP contribution in [0.1, 0.15) is 34.3 Å². The Morgan fingerprint density at radius 3 is 2.74 bits per heavy atom. The van der Waals surface area contributed by atoms with Crippen LogP contribution in [0.3, 0.4) is 0 Å². The number of pyridine rings is 1. The molecule has 3 N–H and O–H groups in total. The molecule has 38 heavy (non-hydrogen) atoms. The smallest absolute Gasteiger partial charge is 0.251 e. The normalized spacial score (nSPS) is 17.0. The predicted molar refractivity (Wildman–Crippen MR) is 147 cm³/mol. The topological polar surface area (TPSA) is 110 Å². The van der Waals surface area contributed by atoms with Crippen molar-refractivity contribution in [1.29, 1.82) is 0 Å². The van der Waals surface area contributed by atoms with Gasteiger partial charge in [0.05, 0.1) is 12.7 Å². The number of nitrogens with one attached hydrogen (secondary N) is 2. The van der Waals surface area contributed by atoms with Gasteiger partial charge in [0.25, 0.3) is 5.91 Å². The lowest BCUT2D eigenvalue weighted by Crippen LogP contribution is -2.42. The van der Waals surface area contributed by atoms with E-state index in [4.69, 9.17) is 9.72 Å². The third kappa shape index (κ3) is 7.66. The quantitative estimate of drug-likeness (QED) is 0.357. The summed E-state index contributed by atoms with van der Waals surface area (Å²) in [6, 6.07) is 12.1. The first-order chi connectivity index (χ1) is 18.4. The van der Waals surface area contributed by atoms with E-state index in [1.54, 1.807) is 24.1 Å². The fourth-order valence-corrected chi connectivity index (χ4v) is 5.00. The summed E-state index contributed by atoms with van der Waals surface area (Å²) in [5, 5.41) is 17.0. The molecule has 0 radical (unpaired) electrons. The van der Waals surface area contributed by atoms with Crippen LogP contribution >= 0.6 is 0 Å². The maximum Gasteiger partial charge on any atom is 0.251 e. The third-order valence-corrected chi connectivity index (χ3v) is 7.30. The van der Waals surface area contributed by atoms with Gasteiger partial charge in [0, 0.05) is 71.6 Å². The number of aromatic nitrogens is 1. The third-order valence-electron chi connectivity index (χ3n) is 7.30. The molecule has 2 amide bonds.